The van der Waals surface area contributed by atoms with E-state index >= 15 is 0 Å². The van der Waals surface area contributed by atoms with E-state index in [1.54, 1.807) is 5.84 Å². The lowest BCUT2D eigenvalue weighted by molar-refractivity contribution is -0.539. The summed E-state index contributed by atoms with van der Waals surface area (Å²) in [4.78, 5) is 2.70. The maximum absolute atomic E-state index is 5.74. The van der Waals surface area contributed by atoms with Gasteiger partial charge in [-0.25, -0.2) is 0 Å². The summed E-state index contributed by atoms with van der Waals surface area (Å²) in [7, 11) is 0. The fraction of sp³-hybridized carbons (Fsp3) is 0.464. The van der Waals surface area contributed by atoms with Crippen LogP contribution in [0.2, 0.25) is 0 Å². The highest BCUT2D eigenvalue weighted by Crippen LogP contribution is 2.34. The Bertz CT molecular complexity index is 1040. The highest BCUT2D eigenvalue weighted by atomic mass is 16.5. The van der Waals surface area contributed by atoms with Crippen molar-refractivity contribution in [3.63, 3.8) is 0 Å². The summed E-state index contributed by atoms with van der Waals surface area (Å²) < 4.78 is 8.42. The third kappa shape index (κ3) is 4.08. The minimum Gasteiger partial charge on any atom is -0.381 e. The average Bonchev–Trinajstić information content (AvgIpc) is 3.07. The average molecular weight is 416 g/mol. The van der Waals surface area contributed by atoms with Gasteiger partial charge in [-0.3, -0.25) is 9.48 Å². The molecule has 0 aromatic heterocycles. The maximum atomic E-state index is 5.74. The van der Waals surface area contributed by atoms with E-state index in [1.807, 2.05) is 0 Å². The van der Waals surface area contributed by atoms with Gasteiger partial charge in [0.1, 0.15) is 6.54 Å². The van der Waals surface area contributed by atoms with Crippen LogP contribution in [0.3, 0.4) is 0 Å². The van der Waals surface area contributed by atoms with Gasteiger partial charge in [0.2, 0.25) is 5.84 Å². The topological polar surface area (TPSA) is 15.5 Å². The van der Waals surface area contributed by atoms with Crippen LogP contribution in [0.4, 0.5) is 0 Å². The minimum atomic E-state index is 0.776. The van der Waals surface area contributed by atoms with Crippen molar-refractivity contribution < 1.29 is 9.31 Å². The van der Waals surface area contributed by atoms with Gasteiger partial charge < -0.3 is 4.74 Å². The molecule has 0 bridgehead atoms. The molecule has 3 nitrogen and oxygen atoms in total. The Morgan fingerprint density at radius 3 is 2.13 bits per heavy atom. The minimum absolute atomic E-state index is 0.776. The first-order valence-corrected chi connectivity index (χ1v) is 12.2. The molecule has 3 aromatic carbocycles. The van der Waals surface area contributed by atoms with Crippen LogP contribution in [0, 0.1) is 0 Å². The molecule has 0 N–H and O–H groups in total. The molecule has 2 aliphatic rings. The van der Waals surface area contributed by atoms with Gasteiger partial charge in [-0.15, -0.1) is 0 Å². The van der Waals surface area contributed by atoms with E-state index in [1.165, 1.54) is 84.4 Å². The van der Waals surface area contributed by atoms with Crippen LogP contribution in [-0.2, 0) is 17.7 Å². The van der Waals surface area contributed by atoms with E-state index in [9.17, 15) is 0 Å². The Balaban J connectivity index is 1.62. The lowest BCUT2D eigenvalue weighted by atomic mass is 9.90. The molecule has 5 rings (SSSR count). The molecule has 0 spiro atoms. The normalized spacial score (nSPS) is 17.3. The summed E-state index contributed by atoms with van der Waals surface area (Å²) >= 11 is 0. The lowest BCUT2D eigenvalue weighted by Gasteiger charge is -2.27. The van der Waals surface area contributed by atoms with Crippen molar-refractivity contribution >= 4 is 27.4 Å². The van der Waals surface area contributed by atoms with E-state index < -0.39 is 0 Å². The van der Waals surface area contributed by atoms with Gasteiger partial charge in [0.25, 0.3) is 0 Å². The SMILES string of the molecule is CCOCCc1c2ccccc2c(CN2CCC[N+]3=C2CCCCC3)c2ccccc12. The molecule has 0 fully saturated rings. The van der Waals surface area contributed by atoms with Crippen molar-refractivity contribution in [3.05, 3.63) is 59.7 Å². The van der Waals surface area contributed by atoms with Crippen molar-refractivity contribution in [3.8, 4) is 0 Å². The number of amidine groups is 1. The second-order valence-corrected chi connectivity index (χ2v) is 8.98. The molecule has 0 aliphatic carbocycles. The van der Waals surface area contributed by atoms with Gasteiger partial charge in [0.15, 0.2) is 0 Å². The van der Waals surface area contributed by atoms with Crippen LogP contribution in [0.5, 0.6) is 0 Å². The second kappa shape index (κ2) is 9.40. The van der Waals surface area contributed by atoms with Gasteiger partial charge in [0, 0.05) is 25.0 Å². The van der Waals surface area contributed by atoms with Crippen LogP contribution in [0.25, 0.3) is 21.5 Å². The quantitative estimate of drug-likeness (QED) is 0.289. The number of ether oxygens (including phenoxy) is 1. The molecule has 0 saturated carbocycles. The molecule has 162 valence electrons. The van der Waals surface area contributed by atoms with E-state index in [4.69, 9.17) is 4.74 Å². The predicted octanol–water partition coefficient (Wildman–Crippen LogP) is 5.76. The van der Waals surface area contributed by atoms with Crippen molar-refractivity contribution in [2.45, 2.75) is 52.0 Å². The molecule has 0 atom stereocenters. The number of fused-ring (bicyclic) bond motifs is 2. The summed E-state index contributed by atoms with van der Waals surface area (Å²) in [6, 6.07) is 18.1. The van der Waals surface area contributed by atoms with E-state index in [-0.39, 0.29) is 0 Å². The standard InChI is InChI=1S/C28H35N2O/c1-2-31-20-16-26-22-11-5-7-13-24(22)27(25-14-8-6-12-23(25)26)21-30-19-10-18-29-17-9-3-4-15-28(29)30/h5-8,11-14H,2-4,9-10,15-21H2,1H3/q+1. The second-order valence-electron chi connectivity index (χ2n) is 8.98. The van der Waals surface area contributed by atoms with Gasteiger partial charge in [-0.2, -0.15) is 0 Å². The number of rotatable bonds is 6. The number of nitrogens with zero attached hydrogens (tertiary/aromatic N) is 2. The lowest BCUT2D eigenvalue weighted by Crippen LogP contribution is -2.43. The van der Waals surface area contributed by atoms with Crippen molar-refractivity contribution in [1.29, 1.82) is 0 Å². The Labute approximate surface area is 186 Å². The Morgan fingerprint density at radius 2 is 1.45 bits per heavy atom. The molecule has 0 amide bonds. The Kier molecular flexibility index (Phi) is 6.22. The van der Waals surface area contributed by atoms with Crippen molar-refractivity contribution in [1.82, 2.24) is 4.90 Å². The molecule has 31 heavy (non-hydrogen) atoms. The highest BCUT2D eigenvalue weighted by Gasteiger charge is 2.29. The fourth-order valence-corrected chi connectivity index (χ4v) is 5.66. The zero-order chi connectivity index (χ0) is 21.0. The zero-order valence-corrected chi connectivity index (χ0v) is 18.9. The predicted molar refractivity (Wildman–Crippen MR) is 130 cm³/mol. The van der Waals surface area contributed by atoms with Gasteiger partial charge in [0.05, 0.1) is 26.2 Å². The molecule has 0 radical (unpaired) electrons. The number of hydrogen-bond acceptors (Lipinski definition) is 2. The molecule has 3 heteroatoms. The largest absolute Gasteiger partial charge is 0.381 e. The third-order valence-electron chi connectivity index (χ3n) is 7.12. The Hall–Kier alpha value is -2.39. The van der Waals surface area contributed by atoms with Crippen molar-refractivity contribution in [2.24, 2.45) is 0 Å². The van der Waals surface area contributed by atoms with E-state index in [2.05, 4.69) is 64.9 Å². The monoisotopic (exact) mass is 415 g/mol. The first kappa shape index (κ1) is 20.5. The van der Waals surface area contributed by atoms with Crippen LogP contribution in [-0.4, -0.2) is 48.2 Å². The van der Waals surface area contributed by atoms with Crippen LogP contribution in [0.15, 0.2) is 48.5 Å². The molecule has 2 aliphatic heterocycles. The van der Waals surface area contributed by atoms with E-state index in [0.717, 1.165) is 26.2 Å². The zero-order valence-electron chi connectivity index (χ0n) is 18.9. The summed E-state index contributed by atoms with van der Waals surface area (Å²) in [5, 5.41) is 5.63. The van der Waals surface area contributed by atoms with E-state index in [0.29, 0.717) is 0 Å². The summed E-state index contributed by atoms with van der Waals surface area (Å²) in [6.07, 6.45) is 7.52. The first-order valence-electron chi connectivity index (χ1n) is 12.2. The van der Waals surface area contributed by atoms with Gasteiger partial charge in [-0.05, 0) is 59.7 Å². The van der Waals surface area contributed by atoms with Gasteiger partial charge in [-0.1, -0.05) is 48.5 Å². The number of benzene rings is 3. The molecule has 3 aromatic rings. The molecule has 2 heterocycles. The Morgan fingerprint density at radius 1 is 0.806 bits per heavy atom. The molecular formula is C28H35N2O+. The smallest absolute Gasteiger partial charge is 0.247 e. The third-order valence-corrected chi connectivity index (χ3v) is 7.12. The molecule has 0 saturated heterocycles. The van der Waals surface area contributed by atoms with Crippen molar-refractivity contribution in [2.75, 3.05) is 32.8 Å². The highest BCUT2D eigenvalue weighted by molar-refractivity contribution is 6.06. The number of hydrogen-bond donors (Lipinski definition) is 0. The molecular weight excluding hydrogens is 380 g/mol. The fourth-order valence-electron chi connectivity index (χ4n) is 5.66. The summed E-state index contributed by atoms with van der Waals surface area (Å²) in [6.45, 7) is 8.31. The first-order chi connectivity index (χ1) is 15.4. The molecule has 0 unspecified atom stereocenters. The summed E-state index contributed by atoms with van der Waals surface area (Å²) in [5.41, 5.74) is 2.93. The van der Waals surface area contributed by atoms with Crippen LogP contribution < -0.4 is 0 Å². The van der Waals surface area contributed by atoms with Crippen LogP contribution in [0.1, 0.15) is 50.2 Å². The summed E-state index contributed by atoms with van der Waals surface area (Å²) in [5.74, 6) is 1.59. The van der Waals surface area contributed by atoms with Gasteiger partial charge >= 0.3 is 0 Å². The maximum Gasteiger partial charge on any atom is 0.247 e. The van der Waals surface area contributed by atoms with Crippen LogP contribution >= 0.6 is 0 Å².